The maximum absolute atomic E-state index is 6.29. The predicted octanol–water partition coefficient (Wildman–Crippen LogP) is 5.21. The molecule has 3 nitrogen and oxygen atoms in total. The van der Waals surface area contributed by atoms with Crippen LogP contribution in [0.2, 0.25) is 0 Å². The number of piperazine rings is 1. The van der Waals surface area contributed by atoms with Crippen molar-refractivity contribution < 1.29 is 0 Å². The van der Waals surface area contributed by atoms with Crippen molar-refractivity contribution in [1.82, 2.24) is 10.2 Å². The Morgan fingerprint density at radius 3 is 1.92 bits per heavy atom. The second-order valence-electron chi connectivity index (χ2n) is 7.73. The molecule has 0 radical (unpaired) electrons. The molecule has 0 bridgehead atoms. The van der Waals surface area contributed by atoms with Gasteiger partial charge in [0.2, 0.25) is 0 Å². The van der Waals surface area contributed by atoms with Crippen molar-refractivity contribution in [2.45, 2.75) is 103 Å². The van der Waals surface area contributed by atoms with Gasteiger partial charge in [0.05, 0.1) is 6.17 Å². The van der Waals surface area contributed by atoms with Gasteiger partial charge in [-0.2, -0.15) is 0 Å². The molecule has 0 aromatic carbocycles. The number of hydrogen-bond donors (Lipinski definition) is 2. The van der Waals surface area contributed by atoms with E-state index >= 15 is 0 Å². The molecule has 1 heterocycles. The fourth-order valence-electron chi connectivity index (χ4n) is 3.62. The van der Waals surface area contributed by atoms with Crippen LogP contribution in [0.1, 0.15) is 96.8 Å². The van der Waals surface area contributed by atoms with E-state index in [1.54, 1.807) is 0 Å². The fraction of sp³-hybridized carbons (Fsp3) is 0.909. The summed E-state index contributed by atoms with van der Waals surface area (Å²) in [5.41, 5.74) is 6.29. The lowest BCUT2D eigenvalue weighted by Crippen LogP contribution is -2.51. The molecule has 1 aliphatic heterocycles. The summed E-state index contributed by atoms with van der Waals surface area (Å²) in [6, 6.07) is 0. The Labute approximate surface area is 157 Å². The quantitative estimate of drug-likeness (QED) is 0.296. The van der Waals surface area contributed by atoms with Gasteiger partial charge < -0.3 is 11.1 Å². The van der Waals surface area contributed by atoms with Gasteiger partial charge in [-0.1, -0.05) is 76.9 Å². The van der Waals surface area contributed by atoms with Gasteiger partial charge in [-0.3, -0.25) is 4.90 Å². The van der Waals surface area contributed by atoms with Crippen molar-refractivity contribution in [2.75, 3.05) is 26.2 Å². The first kappa shape index (κ1) is 22.7. The number of allylic oxidation sites excluding steroid dienone is 2. The number of nitrogens with one attached hydrogen (secondary N) is 1. The number of unbranched alkanes of at least 4 members (excludes halogenated alkanes) is 11. The molecule has 0 saturated carbocycles. The summed E-state index contributed by atoms with van der Waals surface area (Å²) >= 11 is 0. The number of nitrogens with two attached hydrogens (primary N) is 1. The summed E-state index contributed by atoms with van der Waals surface area (Å²) in [6.07, 6.45) is 24.0. The largest absolute Gasteiger partial charge is 0.316 e. The Bertz CT molecular complexity index is 298. The fourth-order valence-corrected chi connectivity index (χ4v) is 3.62. The molecule has 0 aromatic heterocycles. The van der Waals surface area contributed by atoms with Crippen LogP contribution in [0.4, 0.5) is 0 Å². The Balaban J connectivity index is 1.78. The van der Waals surface area contributed by atoms with E-state index in [1.807, 2.05) is 0 Å². The lowest BCUT2D eigenvalue weighted by molar-refractivity contribution is 0.165. The first-order valence-electron chi connectivity index (χ1n) is 11.2. The van der Waals surface area contributed by atoms with Gasteiger partial charge in [-0.05, 0) is 32.1 Å². The zero-order valence-corrected chi connectivity index (χ0v) is 17.0. The summed E-state index contributed by atoms with van der Waals surface area (Å²) < 4.78 is 0. The summed E-state index contributed by atoms with van der Waals surface area (Å²) in [7, 11) is 0. The van der Waals surface area contributed by atoms with E-state index in [-0.39, 0.29) is 6.17 Å². The van der Waals surface area contributed by atoms with Crippen molar-refractivity contribution in [3.8, 4) is 0 Å². The molecule has 148 valence electrons. The van der Waals surface area contributed by atoms with Crippen molar-refractivity contribution in [1.29, 1.82) is 0 Å². The third kappa shape index (κ3) is 13.5. The minimum Gasteiger partial charge on any atom is -0.316 e. The molecule has 0 aliphatic carbocycles. The van der Waals surface area contributed by atoms with Gasteiger partial charge in [0.1, 0.15) is 0 Å². The monoisotopic (exact) mass is 351 g/mol. The molecule has 1 saturated heterocycles. The summed E-state index contributed by atoms with van der Waals surface area (Å²) in [4.78, 5) is 2.44. The van der Waals surface area contributed by atoms with Gasteiger partial charge in [-0.25, -0.2) is 0 Å². The minimum absolute atomic E-state index is 0.284. The highest BCUT2D eigenvalue weighted by molar-refractivity contribution is 4.81. The van der Waals surface area contributed by atoms with E-state index in [1.165, 1.54) is 83.5 Å². The van der Waals surface area contributed by atoms with E-state index in [0.29, 0.717) is 0 Å². The molecule has 25 heavy (non-hydrogen) atoms. The molecule has 3 N–H and O–H groups in total. The topological polar surface area (TPSA) is 41.3 Å². The molecule has 0 spiro atoms. The van der Waals surface area contributed by atoms with Crippen molar-refractivity contribution in [3.05, 3.63) is 12.2 Å². The second kappa shape index (κ2) is 17.1. The molecule has 1 atom stereocenters. The Morgan fingerprint density at radius 2 is 1.32 bits per heavy atom. The average Bonchev–Trinajstić information content (AvgIpc) is 2.65. The maximum Gasteiger partial charge on any atom is 0.0572 e. The zero-order chi connectivity index (χ0) is 18.0. The SMILES string of the molecule is CCCCCCCC/C=C\CCCCCCCC(N)N1CCNCC1. The average molecular weight is 352 g/mol. The highest BCUT2D eigenvalue weighted by atomic mass is 15.3. The van der Waals surface area contributed by atoms with Crippen molar-refractivity contribution in [2.24, 2.45) is 5.73 Å². The molecular weight excluding hydrogens is 306 g/mol. The molecule has 0 amide bonds. The van der Waals surface area contributed by atoms with Crippen LogP contribution >= 0.6 is 0 Å². The normalized spacial score (nSPS) is 17.4. The van der Waals surface area contributed by atoms with Gasteiger partial charge in [0, 0.05) is 26.2 Å². The highest BCUT2D eigenvalue weighted by Crippen LogP contribution is 2.11. The number of rotatable bonds is 16. The molecule has 3 heteroatoms. The van der Waals surface area contributed by atoms with E-state index in [9.17, 15) is 0 Å². The van der Waals surface area contributed by atoms with E-state index in [0.717, 1.165) is 32.6 Å². The third-order valence-corrected chi connectivity index (χ3v) is 5.38. The summed E-state index contributed by atoms with van der Waals surface area (Å²) in [5, 5.41) is 3.39. The van der Waals surface area contributed by atoms with Crippen LogP contribution in [0, 0.1) is 0 Å². The van der Waals surface area contributed by atoms with Gasteiger partial charge in [0.15, 0.2) is 0 Å². The van der Waals surface area contributed by atoms with Gasteiger partial charge in [-0.15, -0.1) is 0 Å². The van der Waals surface area contributed by atoms with Crippen molar-refractivity contribution >= 4 is 0 Å². The van der Waals surface area contributed by atoms with E-state index in [4.69, 9.17) is 5.73 Å². The Kier molecular flexibility index (Phi) is 15.5. The molecule has 1 rings (SSSR count). The van der Waals surface area contributed by atoms with Crippen LogP contribution in [0.15, 0.2) is 12.2 Å². The molecule has 1 unspecified atom stereocenters. The van der Waals surface area contributed by atoms with E-state index in [2.05, 4.69) is 29.3 Å². The molecule has 0 aromatic rings. The van der Waals surface area contributed by atoms with Crippen molar-refractivity contribution in [3.63, 3.8) is 0 Å². The summed E-state index contributed by atoms with van der Waals surface area (Å²) in [5.74, 6) is 0. The van der Waals surface area contributed by atoms with Crippen LogP contribution in [-0.4, -0.2) is 37.2 Å². The zero-order valence-electron chi connectivity index (χ0n) is 17.0. The van der Waals surface area contributed by atoms with Crippen LogP contribution in [0.5, 0.6) is 0 Å². The number of hydrogen-bond acceptors (Lipinski definition) is 3. The first-order valence-corrected chi connectivity index (χ1v) is 11.2. The smallest absolute Gasteiger partial charge is 0.0572 e. The van der Waals surface area contributed by atoms with Gasteiger partial charge in [0.25, 0.3) is 0 Å². The lowest BCUT2D eigenvalue weighted by atomic mass is 10.1. The molecular formula is C22H45N3. The van der Waals surface area contributed by atoms with Crippen LogP contribution in [-0.2, 0) is 0 Å². The van der Waals surface area contributed by atoms with Crippen LogP contribution in [0.3, 0.4) is 0 Å². The number of nitrogens with zero attached hydrogens (tertiary/aromatic N) is 1. The lowest BCUT2D eigenvalue weighted by Gasteiger charge is -2.32. The first-order chi connectivity index (χ1) is 12.3. The van der Waals surface area contributed by atoms with Gasteiger partial charge >= 0.3 is 0 Å². The second-order valence-corrected chi connectivity index (χ2v) is 7.73. The Hall–Kier alpha value is -0.380. The highest BCUT2D eigenvalue weighted by Gasteiger charge is 2.15. The standard InChI is InChI=1S/C22H45N3/c1-2-3-4-5-6-7-8-9-10-11-12-13-14-15-16-17-22(23)25-20-18-24-19-21-25/h9-10,22,24H,2-8,11-21,23H2,1H3/b10-9-. The minimum atomic E-state index is 0.284. The summed E-state index contributed by atoms with van der Waals surface area (Å²) in [6.45, 7) is 6.71. The molecule has 1 fully saturated rings. The molecule has 1 aliphatic rings. The van der Waals surface area contributed by atoms with Crippen LogP contribution in [0.25, 0.3) is 0 Å². The predicted molar refractivity (Wildman–Crippen MR) is 112 cm³/mol. The van der Waals surface area contributed by atoms with Crippen LogP contribution < -0.4 is 11.1 Å². The third-order valence-electron chi connectivity index (χ3n) is 5.38. The van der Waals surface area contributed by atoms with E-state index < -0.39 is 0 Å². The maximum atomic E-state index is 6.29. The Morgan fingerprint density at radius 1 is 0.800 bits per heavy atom.